The Balaban J connectivity index is 2.04. The second-order valence-corrected chi connectivity index (χ2v) is 4.66. The van der Waals surface area contributed by atoms with Crippen LogP contribution in [0.1, 0.15) is 11.1 Å². The van der Waals surface area contributed by atoms with E-state index in [0.29, 0.717) is 6.54 Å². The van der Waals surface area contributed by atoms with Gasteiger partial charge >= 0.3 is 12.2 Å². The maximum absolute atomic E-state index is 12.8. The van der Waals surface area contributed by atoms with Crippen LogP contribution < -0.4 is 10.6 Å². The molecule has 1 heterocycles. The van der Waals surface area contributed by atoms with Crippen LogP contribution in [0.2, 0.25) is 0 Å². The summed E-state index contributed by atoms with van der Waals surface area (Å²) in [6.07, 6.45) is -4.44. The molecule has 5 nitrogen and oxygen atoms in total. The standard InChI is InChI=1S/C13H14F3N3O2/c1-8-2-3-9(6-10(8)13(14,15)16)18-7-11(20)19-5-4-17-12(19)21/h2-3,6,18H,4-5,7H2,1H3,(H,17,21). The first-order chi connectivity index (χ1) is 9.79. The molecule has 0 bridgehead atoms. The Hall–Kier alpha value is -2.25. The van der Waals surface area contributed by atoms with Crippen molar-refractivity contribution in [2.75, 3.05) is 25.0 Å². The van der Waals surface area contributed by atoms with E-state index in [1.807, 2.05) is 0 Å². The third-order valence-corrected chi connectivity index (χ3v) is 3.14. The molecule has 1 aliphatic heterocycles. The second-order valence-electron chi connectivity index (χ2n) is 4.66. The highest BCUT2D eigenvalue weighted by molar-refractivity contribution is 5.97. The van der Waals surface area contributed by atoms with Crippen LogP contribution in [0.15, 0.2) is 18.2 Å². The molecule has 2 rings (SSSR count). The summed E-state index contributed by atoms with van der Waals surface area (Å²) in [5, 5.41) is 5.09. The fraction of sp³-hybridized carbons (Fsp3) is 0.385. The predicted octanol–water partition coefficient (Wildman–Crippen LogP) is 1.98. The molecular formula is C13H14F3N3O2. The molecule has 21 heavy (non-hydrogen) atoms. The molecule has 1 fully saturated rings. The topological polar surface area (TPSA) is 61.4 Å². The molecule has 0 radical (unpaired) electrons. The highest BCUT2D eigenvalue weighted by atomic mass is 19.4. The third-order valence-electron chi connectivity index (χ3n) is 3.14. The van der Waals surface area contributed by atoms with Gasteiger partial charge in [0.15, 0.2) is 0 Å². The molecule has 0 atom stereocenters. The summed E-state index contributed by atoms with van der Waals surface area (Å²) < 4.78 is 38.3. The monoisotopic (exact) mass is 301 g/mol. The lowest BCUT2D eigenvalue weighted by Crippen LogP contribution is -2.38. The number of carbonyl (C=O) groups excluding carboxylic acids is 2. The molecule has 1 aromatic rings. The summed E-state index contributed by atoms with van der Waals surface area (Å²) >= 11 is 0. The van der Waals surface area contributed by atoms with E-state index in [9.17, 15) is 22.8 Å². The number of urea groups is 1. The van der Waals surface area contributed by atoms with Crippen molar-refractivity contribution in [2.45, 2.75) is 13.1 Å². The zero-order valence-electron chi connectivity index (χ0n) is 11.3. The van der Waals surface area contributed by atoms with Crippen molar-refractivity contribution in [1.29, 1.82) is 0 Å². The predicted molar refractivity (Wildman–Crippen MR) is 69.8 cm³/mol. The Bertz CT molecular complexity index is 572. The number of rotatable bonds is 3. The Morgan fingerprint density at radius 1 is 1.43 bits per heavy atom. The van der Waals surface area contributed by atoms with Crippen molar-refractivity contribution >= 4 is 17.6 Å². The van der Waals surface area contributed by atoms with Crippen LogP contribution in [0.3, 0.4) is 0 Å². The lowest BCUT2D eigenvalue weighted by molar-refractivity contribution is -0.138. The number of hydrogen-bond acceptors (Lipinski definition) is 3. The van der Waals surface area contributed by atoms with Crippen molar-refractivity contribution in [3.05, 3.63) is 29.3 Å². The number of carbonyl (C=O) groups is 2. The molecular weight excluding hydrogens is 287 g/mol. The molecule has 1 aliphatic rings. The molecule has 114 valence electrons. The van der Waals surface area contributed by atoms with Gasteiger partial charge in [-0.05, 0) is 24.6 Å². The number of nitrogens with one attached hydrogen (secondary N) is 2. The van der Waals surface area contributed by atoms with E-state index in [1.54, 1.807) is 0 Å². The van der Waals surface area contributed by atoms with Gasteiger partial charge in [0, 0.05) is 18.8 Å². The molecule has 0 spiro atoms. The SMILES string of the molecule is Cc1ccc(NCC(=O)N2CCNC2=O)cc1C(F)(F)F. The maximum Gasteiger partial charge on any atom is 0.416 e. The molecule has 0 unspecified atom stereocenters. The number of aryl methyl sites for hydroxylation is 1. The van der Waals surface area contributed by atoms with Crippen LogP contribution in [0.4, 0.5) is 23.7 Å². The van der Waals surface area contributed by atoms with Gasteiger partial charge < -0.3 is 10.6 Å². The second kappa shape index (κ2) is 5.63. The van der Waals surface area contributed by atoms with E-state index in [2.05, 4.69) is 10.6 Å². The van der Waals surface area contributed by atoms with E-state index >= 15 is 0 Å². The van der Waals surface area contributed by atoms with Crippen molar-refractivity contribution in [3.8, 4) is 0 Å². The third kappa shape index (κ3) is 3.45. The van der Waals surface area contributed by atoms with Gasteiger partial charge in [0.05, 0.1) is 12.1 Å². The first kappa shape index (κ1) is 15.1. The van der Waals surface area contributed by atoms with Gasteiger partial charge in [0.1, 0.15) is 0 Å². The van der Waals surface area contributed by atoms with E-state index in [4.69, 9.17) is 0 Å². The van der Waals surface area contributed by atoms with E-state index in [1.165, 1.54) is 19.1 Å². The smallest absolute Gasteiger partial charge is 0.376 e. The Kier molecular flexibility index (Phi) is 4.06. The molecule has 8 heteroatoms. The zero-order valence-corrected chi connectivity index (χ0v) is 11.3. The van der Waals surface area contributed by atoms with Crippen LogP contribution >= 0.6 is 0 Å². The number of benzene rings is 1. The fourth-order valence-electron chi connectivity index (χ4n) is 2.02. The van der Waals surface area contributed by atoms with Crippen LogP contribution in [0.5, 0.6) is 0 Å². The zero-order chi connectivity index (χ0) is 15.6. The summed E-state index contributed by atoms with van der Waals surface area (Å²) in [4.78, 5) is 24.1. The minimum absolute atomic E-state index is 0.110. The lowest BCUT2D eigenvalue weighted by atomic mass is 10.1. The summed E-state index contributed by atoms with van der Waals surface area (Å²) in [5.41, 5.74) is -0.460. The lowest BCUT2D eigenvalue weighted by Gasteiger charge is -2.15. The number of nitrogens with zero attached hydrogens (tertiary/aromatic N) is 1. The maximum atomic E-state index is 12.8. The van der Waals surface area contributed by atoms with E-state index in [0.717, 1.165) is 11.0 Å². The number of alkyl halides is 3. The average Bonchev–Trinajstić information content (AvgIpc) is 2.82. The Labute approximate surface area is 119 Å². The highest BCUT2D eigenvalue weighted by Gasteiger charge is 2.32. The summed E-state index contributed by atoms with van der Waals surface area (Å²) in [7, 11) is 0. The van der Waals surface area contributed by atoms with E-state index in [-0.39, 0.29) is 24.3 Å². The molecule has 1 aromatic carbocycles. The molecule has 0 aromatic heterocycles. The minimum Gasteiger partial charge on any atom is -0.376 e. The molecule has 0 saturated carbocycles. The van der Waals surface area contributed by atoms with Gasteiger partial charge in [-0.15, -0.1) is 0 Å². The fourth-order valence-corrected chi connectivity index (χ4v) is 2.02. The van der Waals surface area contributed by atoms with Gasteiger partial charge in [-0.2, -0.15) is 13.2 Å². The van der Waals surface area contributed by atoms with E-state index < -0.39 is 23.7 Å². The summed E-state index contributed by atoms with van der Waals surface area (Å²) in [6.45, 7) is 1.77. The summed E-state index contributed by atoms with van der Waals surface area (Å²) in [6, 6.07) is 3.26. The van der Waals surface area contributed by atoms with Gasteiger partial charge in [0.25, 0.3) is 0 Å². The average molecular weight is 301 g/mol. The number of hydrogen-bond donors (Lipinski definition) is 2. The van der Waals surface area contributed by atoms with Crippen LogP contribution in [0.25, 0.3) is 0 Å². The number of halogens is 3. The first-order valence-electron chi connectivity index (χ1n) is 6.29. The van der Waals surface area contributed by atoms with Gasteiger partial charge in [-0.1, -0.05) is 6.07 Å². The molecule has 1 saturated heterocycles. The number of amides is 3. The quantitative estimate of drug-likeness (QED) is 0.897. The highest BCUT2D eigenvalue weighted by Crippen LogP contribution is 2.33. The molecule has 3 amide bonds. The largest absolute Gasteiger partial charge is 0.416 e. The minimum atomic E-state index is -4.44. The number of anilines is 1. The Morgan fingerprint density at radius 2 is 2.14 bits per heavy atom. The van der Waals surface area contributed by atoms with Gasteiger partial charge in [-0.25, -0.2) is 4.79 Å². The first-order valence-corrected chi connectivity index (χ1v) is 6.29. The Morgan fingerprint density at radius 3 is 2.71 bits per heavy atom. The van der Waals surface area contributed by atoms with Crippen LogP contribution in [0, 0.1) is 6.92 Å². The summed E-state index contributed by atoms with van der Waals surface area (Å²) in [5.74, 6) is -0.487. The van der Waals surface area contributed by atoms with Crippen molar-refractivity contribution < 1.29 is 22.8 Å². The molecule has 2 N–H and O–H groups in total. The number of imide groups is 1. The normalized spacial score (nSPS) is 15.0. The van der Waals surface area contributed by atoms with Crippen LogP contribution in [-0.4, -0.2) is 36.5 Å². The van der Waals surface area contributed by atoms with Gasteiger partial charge in [0.2, 0.25) is 5.91 Å². The van der Waals surface area contributed by atoms with Gasteiger partial charge in [-0.3, -0.25) is 9.69 Å². The van der Waals surface area contributed by atoms with Crippen molar-refractivity contribution in [1.82, 2.24) is 10.2 Å². The van der Waals surface area contributed by atoms with Crippen LogP contribution in [-0.2, 0) is 11.0 Å². The molecule has 0 aliphatic carbocycles. The van der Waals surface area contributed by atoms with Crippen molar-refractivity contribution in [2.24, 2.45) is 0 Å². The van der Waals surface area contributed by atoms with Crippen molar-refractivity contribution in [3.63, 3.8) is 0 Å².